The summed E-state index contributed by atoms with van der Waals surface area (Å²) in [4.78, 5) is 14.5. The number of hydrogen-bond donors (Lipinski definition) is 4. The van der Waals surface area contributed by atoms with E-state index in [1.807, 2.05) is 0 Å². The number of rotatable bonds is 3. The van der Waals surface area contributed by atoms with E-state index in [1.54, 1.807) is 0 Å². The maximum atomic E-state index is 10.8. The Morgan fingerprint density at radius 3 is 2.71 bits per heavy atom. The molecule has 2 rings (SSSR count). The Morgan fingerprint density at radius 2 is 2.24 bits per heavy atom. The van der Waals surface area contributed by atoms with E-state index in [-0.39, 0.29) is 12.4 Å². The third-order valence-corrected chi connectivity index (χ3v) is 3.07. The lowest BCUT2D eigenvalue weighted by atomic mass is 10.1. The van der Waals surface area contributed by atoms with E-state index in [4.69, 9.17) is 10.8 Å². The van der Waals surface area contributed by atoms with Crippen LogP contribution >= 0.6 is 0 Å². The minimum Gasteiger partial charge on any atom is -0.396 e. The van der Waals surface area contributed by atoms with Gasteiger partial charge in [-0.2, -0.15) is 0 Å². The summed E-state index contributed by atoms with van der Waals surface area (Å²) in [6.45, 7) is -0.216. The van der Waals surface area contributed by atoms with Gasteiger partial charge in [-0.25, -0.2) is 9.67 Å². The summed E-state index contributed by atoms with van der Waals surface area (Å²) in [5.74, 6) is -1.30. The summed E-state index contributed by atoms with van der Waals surface area (Å²) in [6.07, 6.45) is -0.415. The second-order valence-electron chi connectivity index (χ2n) is 4.14. The van der Waals surface area contributed by atoms with Crippen molar-refractivity contribution in [3.63, 3.8) is 0 Å². The summed E-state index contributed by atoms with van der Waals surface area (Å²) >= 11 is 0. The first-order valence-electron chi connectivity index (χ1n) is 5.22. The van der Waals surface area contributed by atoms with Crippen LogP contribution in [0.4, 0.5) is 0 Å². The average Bonchev–Trinajstić information content (AvgIpc) is 2.87. The second kappa shape index (κ2) is 4.40. The molecule has 1 saturated carbocycles. The van der Waals surface area contributed by atoms with Gasteiger partial charge in [0.1, 0.15) is 12.4 Å². The van der Waals surface area contributed by atoms with Crippen molar-refractivity contribution < 1.29 is 20.1 Å². The zero-order valence-electron chi connectivity index (χ0n) is 8.97. The Labute approximate surface area is 96.7 Å². The van der Waals surface area contributed by atoms with Gasteiger partial charge in [0.05, 0.1) is 12.1 Å². The average molecular weight is 242 g/mol. The van der Waals surface area contributed by atoms with E-state index in [9.17, 15) is 15.0 Å². The molecule has 1 aliphatic rings. The van der Waals surface area contributed by atoms with Crippen molar-refractivity contribution in [2.75, 3.05) is 6.61 Å². The summed E-state index contributed by atoms with van der Waals surface area (Å²) < 4.78 is 1.30. The smallest absolute Gasteiger partial charge is 0.288 e. The lowest BCUT2D eigenvalue weighted by Crippen LogP contribution is -2.30. The molecule has 17 heavy (non-hydrogen) atoms. The lowest BCUT2D eigenvalue weighted by molar-refractivity contribution is -0.00541. The molecule has 0 aromatic carbocycles. The number of nitrogens with zero attached hydrogens (tertiary/aromatic N) is 3. The third kappa shape index (κ3) is 2.02. The molecular formula is C9H14N4O4. The fraction of sp³-hybridized carbons (Fsp3) is 0.667. The van der Waals surface area contributed by atoms with Gasteiger partial charge in [0.2, 0.25) is 5.82 Å². The summed E-state index contributed by atoms with van der Waals surface area (Å²) in [6, 6.07) is -0.511. The van der Waals surface area contributed by atoms with Gasteiger partial charge >= 0.3 is 0 Å². The number of nitrogens with two attached hydrogens (primary N) is 1. The highest BCUT2D eigenvalue weighted by Gasteiger charge is 2.42. The quantitative estimate of drug-likeness (QED) is 0.469. The van der Waals surface area contributed by atoms with Crippen molar-refractivity contribution in [2.24, 2.45) is 11.7 Å². The van der Waals surface area contributed by atoms with Gasteiger partial charge in [-0.05, 0) is 6.42 Å². The van der Waals surface area contributed by atoms with E-state index in [2.05, 4.69) is 10.1 Å². The second-order valence-corrected chi connectivity index (χ2v) is 4.14. The molecule has 1 aromatic rings. The predicted octanol–water partition coefficient (Wildman–Crippen LogP) is -2.35. The topological polar surface area (TPSA) is 134 Å². The molecule has 1 fully saturated rings. The van der Waals surface area contributed by atoms with Crippen LogP contribution in [-0.2, 0) is 0 Å². The Hall–Kier alpha value is -1.51. The number of amides is 1. The monoisotopic (exact) mass is 242 g/mol. The van der Waals surface area contributed by atoms with E-state index in [1.165, 1.54) is 11.0 Å². The van der Waals surface area contributed by atoms with Crippen LogP contribution < -0.4 is 5.73 Å². The van der Waals surface area contributed by atoms with Gasteiger partial charge in [0, 0.05) is 12.5 Å². The van der Waals surface area contributed by atoms with Crippen molar-refractivity contribution >= 4 is 5.91 Å². The van der Waals surface area contributed by atoms with Crippen LogP contribution in [0.5, 0.6) is 0 Å². The standard InChI is InChI=1S/C9H14N4O4/c10-8(17)9-11-3-13(12-9)5-1-4(2-14)6(15)7(5)16/h3-7,14-16H,1-2H2,(H2,10,17)/t4-,5-,6-,7+/m0/s1. The number of carbonyl (C=O) groups is 1. The molecule has 0 aliphatic heterocycles. The number of aliphatic hydroxyl groups is 3. The SMILES string of the molecule is NC(=O)c1ncn([C@H]2C[C@@H](CO)[C@H](O)[C@@H]2O)n1. The van der Waals surface area contributed by atoms with Crippen molar-refractivity contribution in [1.82, 2.24) is 14.8 Å². The van der Waals surface area contributed by atoms with Crippen molar-refractivity contribution in [2.45, 2.75) is 24.7 Å². The fourth-order valence-electron chi connectivity index (χ4n) is 2.09. The first kappa shape index (κ1) is 12.0. The molecule has 1 amide bonds. The van der Waals surface area contributed by atoms with Gasteiger partial charge in [-0.1, -0.05) is 0 Å². The van der Waals surface area contributed by atoms with Crippen LogP contribution in [0, 0.1) is 5.92 Å². The van der Waals surface area contributed by atoms with Crippen molar-refractivity contribution in [3.8, 4) is 0 Å². The van der Waals surface area contributed by atoms with Crippen LogP contribution in [-0.4, -0.2) is 54.8 Å². The van der Waals surface area contributed by atoms with E-state index < -0.39 is 30.1 Å². The van der Waals surface area contributed by atoms with Crippen LogP contribution in [0.15, 0.2) is 6.33 Å². The van der Waals surface area contributed by atoms with Crippen LogP contribution in [0.3, 0.4) is 0 Å². The predicted molar refractivity (Wildman–Crippen MR) is 54.8 cm³/mol. The Kier molecular flexibility index (Phi) is 3.09. The molecule has 5 N–H and O–H groups in total. The maximum Gasteiger partial charge on any atom is 0.288 e. The largest absolute Gasteiger partial charge is 0.396 e. The number of primary amides is 1. The summed E-state index contributed by atoms with van der Waals surface area (Å²) in [7, 11) is 0. The first-order valence-corrected chi connectivity index (χ1v) is 5.22. The van der Waals surface area contributed by atoms with Crippen molar-refractivity contribution in [1.29, 1.82) is 0 Å². The van der Waals surface area contributed by atoms with Crippen LogP contribution in [0.25, 0.3) is 0 Å². The highest BCUT2D eigenvalue weighted by atomic mass is 16.3. The highest BCUT2D eigenvalue weighted by Crippen LogP contribution is 2.34. The fourth-order valence-corrected chi connectivity index (χ4v) is 2.09. The maximum absolute atomic E-state index is 10.8. The molecule has 8 heteroatoms. The molecule has 4 atom stereocenters. The molecule has 1 heterocycles. The minimum atomic E-state index is -1.05. The molecule has 94 valence electrons. The number of aliphatic hydroxyl groups excluding tert-OH is 3. The normalized spacial score (nSPS) is 32.9. The molecule has 1 aromatic heterocycles. The minimum absolute atomic E-state index is 0.140. The van der Waals surface area contributed by atoms with Crippen LogP contribution in [0.1, 0.15) is 23.1 Å². The number of aromatic nitrogens is 3. The highest BCUT2D eigenvalue weighted by molar-refractivity contribution is 5.88. The molecule has 1 aliphatic carbocycles. The van der Waals surface area contributed by atoms with Gasteiger partial charge in [0.25, 0.3) is 5.91 Å². The molecule has 0 bridgehead atoms. The molecule has 0 saturated heterocycles. The molecule has 0 unspecified atom stereocenters. The van der Waals surface area contributed by atoms with Gasteiger partial charge in [-0.15, -0.1) is 5.10 Å². The zero-order chi connectivity index (χ0) is 12.6. The Morgan fingerprint density at radius 1 is 1.53 bits per heavy atom. The molecular weight excluding hydrogens is 228 g/mol. The van der Waals surface area contributed by atoms with E-state index in [0.29, 0.717) is 6.42 Å². The molecule has 0 radical (unpaired) electrons. The van der Waals surface area contributed by atoms with E-state index in [0.717, 1.165) is 0 Å². The lowest BCUT2D eigenvalue weighted by Gasteiger charge is -2.16. The molecule has 8 nitrogen and oxygen atoms in total. The van der Waals surface area contributed by atoms with Crippen molar-refractivity contribution in [3.05, 3.63) is 12.2 Å². The van der Waals surface area contributed by atoms with Crippen LogP contribution in [0.2, 0.25) is 0 Å². The summed E-state index contributed by atoms with van der Waals surface area (Å²) in [5, 5.41) is 32.3. The Balaban J connectivity index is 2.19. The molecule has 0 spiro atoms. The third-order valence-electron chi connectivity index (χ3n) is 3.07. The zero-order valence-corrected chi connectivity index (χ0v) is 8.97. The number of carbonyl (C=O) groups excluding carboxylic acids is 1. The number of hydrogen-bond acceptors (Lipinski definition) is 6. The van der Waals surface area contributed by atoms with Gasteiger partial charge in [-0.3, -0.25) is 4.79 Å². The Bertz CT molecular complexity index is 421. The first-order chi connectivity index (χ1) is 8.04. The summed E-state index contributed by atoms with van der Waals surface area (Å²) in [5.41, 5.74) is 5.01. The van der Waals surface area contributed by atoms with E-state index >= 15 is 0 Å². The van der Waals surface area contributed by atoms with Gasteiger partial charge in [0.15, 0.2) is 0 Å². The van der Waals surface area contributed by atoms with Gasteiger partial charge < -0.3 is 21.1 Å².